The summed E-state index contributed by atoms with van der Waals surface area (Å²) in [5, 5.41) is 2.96. The van der Waals surface area contributed by atoms with Crippen LogP contribution in [0.1, 0.15) is 35.9 Å². The molecule has 1 aliphatic rings. The third kappa shape index (κ3) is 5.67. The number of rotatable bonds is 7. The second-order valence-corrected chi connectivity index (χ2v) is 7.76. The molecule has 7 heteroatoms. The number of aromatic nitrogens is 2. The van der Waals surface area contributed by atoms with Gasteiger partial charge in [0.1, 0.15) is 5.69 Å². The first-order valence-electron chi connectivity index (χ1n) is 10.4. The van der Waals surface area contributed by atoms with Gasteiger partial charge in [-0.15, -0.1) is 0 Å². The number of aryl methyl sites for hydroxylation is 1. The van der Waals surface area contributed by atoms with E-state index in [-0.39, 0.29) is 5.91 Å². The average Bonchev–Trinajstić information content (AvgIpc) is 2.72. The van der Waals surface area contributed by atoms with Gasteiger partial charge in [-0.3, -0.25) is 4.79 Å². The SMILES string of the molecule is CCCCN(C)c1nc(C)cc(C(=O)Nc2ccc(N3CCN(C)CC3)cc2)n1. The number of amides is 1. The molecule has 0 aliphatic carbocycles. The largest absolute Gasteiger partial charge is 0.369 e. The van der Waals surface area contributed by atoms with Crippen LogP contribution in [0.15, 0.2) is 30.3 Å². The molecule has 1 N–H and O–H groups in total. The number of anilines is 3. The van der Waals surface area contributed by atoms with Crippen molar-refractivity contribution in [2.45, 2.75) is 26.7 Å². The van der Waals surface area contributed by atoms with Crippen LogP contribution in [-0.4, -0.2) is 67.6 Å². The summed E-state index contributed by atoms with van der Waals surface area (Å²) in [6.07, 6.45) is 2.17. The molecule has 1 aromatic carbocycles. The van der Waals surface area contributed by atoms with Gasteiger partial charge in [0.25, 0.3) is 5.91 Å². The number of piperazine rings is 1. The Hall–Kier alpha value is -2.67. The number of nitrogens with one attached hydrogen (secondary N) is 1. The van der Waals surface area contributed by atoms with E-state index in [0.717, 1.165) is 56.9 Å². The predicted octanol–water partition coefficient (Wildman–Crippen LogP) is 3.03. The first-order chi connectivity index (χ1) is 14.0. The maximum Gasteiger partial charge on any atom is 0.274 e. The summed E-state index contributed by atoms with van der Waals surface area (Å²) in [6, 6.07) is 9.76. The molecule has 2 aromatic rings. The molecule has 0 unspecified atom stereocenters. The highest BCUT2D eigenvalue weighted by molar-refractivity contribution is 6.03. The Kier molecular flexibility index (Phi) is 7.04. The van der Waals surface area contributed by atoms with Gasteiger partial charge in [0.2, 0.25) is 5.95 Å². The first-order valence-corrected chi connectivity index (χ1v) is 10.4. The van der Waals surface area contributed by atoms with Crippen molar-refractivity contribution < 1.29 is 4.79 Å². The lowest BCUT2D eigenvalue weighted by Gasteiger charge is -2.34. The van der Waals surface area contributed by atoms with Crippen molar-refractivity contribution in [3.05, 3.63) is 41.7 Å². The molecule has 0 atom stereocenters. The first kappa shape index (κ1) is 21.0. The van der Waals surface area contributed by atoms with Gasteiger partial charge in [0, 0.05) is 56.8 Å². The van der Waals surface area contributed by atoms with Gasteiger partial charge < -0.3 is 20.0 Å². The number of benzene rings is 1. The van der Waals surface area contributed by atoms with Gasteiger partial charge in [-0.2, -0.15) is 0 Å². The van der Waals surface area contributed by atoms with Gasteiger partial charge in [0.05, 0.1) is 0 Å². The van der Waals surface area contributed by atoms with Crippen molar-refractivity contribution in [3.8, 4) is 0 Å². The average molecular weight is 397 g/mol. The maximum absolute atomic E-state index is 12.7. The Morgan fingerprint density at radius 3 is 2.48 bits per heavy atom. The molecular formula is C22H32N6O. The molecule has 156 valence electrons. The zero-order chi connectivity index (χ0) is 20.8. The van der Waals surface area contributed by atoms with E-state index in [2.05, 4.69) is 51.2 Å². The second-order valence-electron chi connectivity index (χ2n) is 7.76. The van der Waals surface area contributed by atoms with E-state index >= 15 is 0 Å². The Balaban J connectivity index is 1.66. The molecule has 29 heavy (non-hydrogen) atoms. The fourth-order valence-electron chi connectivity index (χ4n) is 3.35. The van der Waals surface area contributed by atoms with Gasteiger partial charge in [-0.25, -0.2) is 9.97 Å². The Morgan fingerprint density at radius 1 is 1.14 bits per heavy atom. The van der Waals surface area contributed by atoms with E-state index in [1.807, 2.05) is 31.0 Å². The van der Waals surface area contributed by atoms with Crippen molar-refractivity contribution in [2.75, 3.05) is 61.9 Å². The molecule has 1 amide bonds. The molecule has 0 bridgehead atoms. The molecule has 1 fully saturated rings. The Labute approximate surface area is 173 Å². The van der Waals surface area contributed by atoms with Crippen molar-refractivity contribution in [1.29, 1.82) is 0 Å². The van der Waals surface area contributed by atoms with Gasteiger partial charge >= 0.3 is 0 Å². The van der Waals surface area contributed by atoms with Gasteiger partial charge in [0.15, 0.2) is 0 Å². The second kappa shape index (κ2) is 9.69. The molecule has 7 nitrogen and oxygen atoms in total. The van der Waals surface area contributed by atoms with Crippen LogP contribution < -0.4 is 15.1 Å². The fourth-order valence-corrected chi connectivity index (χ4v) is 3.35. The van der Waals surface area contributed by atoms with E-state index < -0.39 is 0 Å². The van der Waals surface area contributed by atoms with Crippen LogP contribution in [0.3, 0.4) is 0 Å². The quantitative estimate of drug-likeness (QED) is 0.776. The molecule has 3 rings (SSSR count). The summed E-state index contributed by atoms with van der Waals surface area (Å²) in [4.78, 5) is 28.4. The van der Waals surface area contributed by atoms with E-state index in [4.69, 9.17) is 0 Å². The van der Waals surface area contributed by atoms with Crippen LogP contribution in [0.25, 0.3) is 0 Å². The van der Waals surface area contributed by atoms with Crippen LogP contribution in [-0.2, 0) is 0 Å². The van der Waals surface area contributed by atoms with E-state index in [1.54, 1.807) is 6.07 Å². The molecule has 0 spiro atoms. The monoisotopic (exact) mass is 396 g/mol. The normalized spacial score (nSPS) is 14.7. The third-order valence-corrected chi connectivity index (χ3v) is 5.26. The summed E-state index contributed by atoms with van der Waals surface area (Å²) in [6.45, 7) is 9.10. The maximum atomic E-state index is 12.7. The standard InChI is InChI=1S/C22H32N6O/c1-5-6-11-27(4)22-23-17(2)16-20(25-22)21(29)24-18-7-9-19(10-8-18)28-14-12-26(3)13-15-28/h7-10,16H,5-6,11-15H2,1-4H3,(H,24,29). The molecule has 0 radical (unpaired) electrons. The minimum atomic E-state index is -0.215. The number of nitrogens with zero attached hydrogens (tertiary/aromatic N) is 5. The highest BCUT2D eigenvalue weighted by atomic mass is 16.1. The predicted molar refractivity (Wildman–Crippen MR) is 119 cm³/mol. The molecule has 0 saturated carbocycles. The smallest absolute Gasteiger partial charge is 0.274 e. The summed E-state index contributed by atoms with van der Waals surface area (Å²) in [5.74, 6) is 0.377. The molecule has 1 aromatic heterocycles. The number of likely N-dealkylation sites (N-methyl/N-ethyl adjacent to an activating group) is 1. The fraction of sp³-hybridized carbons (Fsp3) is 0.500. The summed E-state index contributed by atoms with van der Waals surface area (Å²) >= 11 is 0. The highest BCUT2D eigenvalue weighted by Crippen LogP contribution is 2.20. The summed E-state index contributed by atoms with van der Waals surface area (Å²) < 4.78 is 0. The van der Waals surface area contributed by atoms with Crippen molar-refractivity contribution in [2.24, 2.45) is 0 Å². The molecular weight excluding hydrogens is 364 g/mol. The van der Waals surface area contributed by atoms with Crippen LogP contribution in [0, 0.1) is 6.92 Å². The van der Waals surface area contributed by atoms with E-state index in [0.29, 0.717) is 11.6 Å². The minimum Gasteiger partial charge on any atom is -0.369 e. The lowest BCUT2D eigenvalue weighted by molar-refractivity contribution is 0.102. The van der Waals surface area contributed by atoms with E-state index in [1.165, 1.54) is 5.69 Å². The Bertz CT molecular complexity index is 815. The van der Waals surface area contributed by atoms with Crippen molar-refractivity contribution in [1.82, 2.24) is 14.9 Å². The van der Waals surface area contributed by atoms with Crippen LogP contribution in [0.5, 0.6) is 0 Å². The van der Waals surface area contributed by atoms with Gasteiger partial charge in [-0.1, -0.05) is 13.3 Å². The van der Waals surface area contributed by atoms with Crippen LogP contribution >= 0.6 is 0 Å². The zero-order valence-corrected chi connectivity index (χ0v) is 18.0. The number of unbranched alkanes of at least 4 members (excludes halogenated alkanes) is 1. The number of hydrogen-bond acceptors (Lipinski definition) is 6. The topological polar surface area (TPSA) is 64.6 Å². The van der Waals surface area contributed by atoms with Crippen LogP contribution in [0.4, 0.5) is 17.3 Å². The lowest BCUT2D eigenvalue weighted by Crippen LogP contribution is -2.44. The number of carbonyl (C=O) groups excluding carboxylic acids is 1. The third-order valence-electron chi connectivity index (χ3n) is 5.26. The van der Waals surface area contributed by atoms with E-state index in [9.17, 15) is 4.79 Å². The number of hydrogen-bond donors (Lipinski definition) is 1. The van der Waals surface area contributed by atoms with Gasteiger partial charge in [-0.05, 0) is 50.7 Å². The van der Waals surface area contributed by atoms with Crippen molar-refractivity contribution in [3.63, 3.8) is 0 Å². The molecule has 1 aliphatic heterocycles. The molecule has 2 heterocycles. The number of carbonyl (C=O) groups is 1. The summed E-state index contributed by atoms with van der Waals surface area (Å²) in [7, 11) is 4.11. The highest BCUT2D eigenvalue weighted by Gasteiger charge is 2.15. The van der Waals surface area contributed by atoms with Crippen LogP contribution in [0.2, 0.25) is 0 Å². The molecule has 1 saturated heterocycles. The minimum absolute atomic E-state index is 0.215. The lowest BCUT2D eigenvalue weighted by atomic mass is 10.2. The zero-order valence-electron chi connectivity index (χ0n) is 18.0. The van der Waals surface area contributed by atoms with Crippen molar-refractivity contribution >= 4 is 23.2 Å². The summed E-state index contributed by atoms with van der Waals surface area (Å²) in [5.41, 5.74) is 3.13. The Morgan fingerprint density at radius 2 is 1.83 bits per heavy atom.